The molecular formula is C30H34F3N3O4S. The SMILES string of the molecule is C[C@@H](NC(=O)c1cnc(C2CCOCC2)s1)c1ccc(-c2cc(C(F)(F)F)ccc2CNC(=O)OC(C)(C)C)cc1. The van der Waals surface area contributed by atoms with Crippen LogP contribution in [0.2, 0.25) is 0 Å². The average Bonchev–Trinajstić information content (AvgIpc) is 3.42. The molecule has 0 spiro atoms. The van der Waals surface area contributed by atoms with Crippen molar-refractivity contribution in [3.63, 3.8) is 0 Å². The molecule has 1 aliphatic heterocycles. The first kappa shape index (κ1) is 30.5. The molecule has 0 aliphatic carbocycles. The lowest BCUT2D eigenvalue weighted by Gasteiger charge is -2.20. The lowest BCUT2D eigenvalue weighted by atomic mass is 9.95. The average molecular weight is 590 g/mol. The van der Waals surface area contributed by atoms with Crippen LogP contribution >= 0.6 is 11.3 Å². The van der Waals surface area contributed by atoms with Crippen LogP contribution in [0.4, 0.5) is 18.0 Å². The Bertz CT molecular complexity index is 1360. The van der Waals surface area contributed by atoms with Crippen LogP contribution in [0.5, 0.6) is 0 Å². The Balaban J connectivity index is 1.48. The maximum Gasteiger partial charge on any atom is 0.416 e. The van der Waals surface area contributed by atoms with E-state index in [0.29, 0.717) is 40.7 Å². The van der Waals surface area contributed by atoms with Crippen molar-refractivity contribution in [2.75, 3.05) is 13.2 Å². The Hall–Kier alpha value is -3.44. The van der Waals surface area contributed by atoms with Gasteiger partial charge in [-0.05, 0) is 74.9 Å². The van der Waals surface area contributed by atoms with Crippen molar-refractivity contribution in [3.8, 4) is 11.1 Å². The number of alkyl halides is 3. The van der Waals surface area contributed by atoms with E-state index < -0.39 is 23.4 Å². The molecule has 0 unspecified atom stereocenters. The molecule has 7 nitrogen and oxygen atoms in total. The summed E-state index contributed by atoms with van der Waals surface area (Å²) in [5, 5.41) is 6.53. The van der Waals surface area contributed by atoms with Crippen LogP contribution in [0.25, 0.3) is 11.1 Å². The molecule has 1 aliphatic rings. The van der Waals surface area contributed by atoms with Crippen molar-refractivity contribution in [2.24, 2.45) is 0 Å². The van der Waals surface area contributed by atoms with Crippen molar-refractivity contribution in [1.29, 1.82) is 0 Å². The number of nitrogens with zero attached hydrogens (tertiary/aromatic N) is 1. The van der Waals surface area contributed by atoms with E-state index in [2.05, 4.69) is 15.6 Å². The van der Waals surface area contributed by atoms with Gasteiger partial charge in [-0.15, -0.1) is 11.3 Å². The van der Waals surface area contributed by atoms with Crippen LogP contribution in [0.3, 0.4) is 0 Å². The molecule has 1 saturated heterocycles. The maximum absolute atomic E-state index is 13.5. The number of ether oxygens (including phenoxy) is 2. The Morgan fingerprint density at radius 3 is 2.41 bits per heavy atom. The van der Waals surface area contributed by atoms with Gasteiger partial charge in [-0.2, -0.15) is 13.2 Å². The van der Waals surface area contributed by atoms with Gasteiger partial charge in [-0.3, -0.25) is 4.79 Å². The second kappa shape index (κ2) is 12.6. The molecule has 2 aromatic carbocycles. The zero-order valence-corrected chi connectivity index (χ0v) is 24.2. The number of carbonyl (C=O) groups excluding carboxylic acids is 2. The van der Waals surface area contributed by atoms with Crippen LogP contribution in [0.1, 0.15) is 83.9 Å². The fourth-order valence-electron chi connectivity index (χ4n) is 4.49. The summed E-state index contributed by atoms with van der Waals surface area (Å²) in [6.07, 6.45) is -1.80. The van der Waals surface area contributed by atoms with E-state index >= 15 is 0 Å². The van der Waals surface area contributed by atoms with Gasteiger partial charge >= 0.3 is 12.3 Å². The van der Waals surface area contributed by atoms with Crippen LogP contribution in [-0.2, 0) is 22.2 Å². The number of aromatic nitrogens is 1. The fourth-order valence-corrected chi connectivity index (χ4v) is 5.48. The fraction of sp³-hybridized carbons (Fsp3) is 0.433. The zero-order chi connectivity index (χ0) is 29.8. The standard InChI is InChI=1S/C30H34F3N3O4S/c1-18(36-26(37)25-17-34-27(41-25)21-11-13-39-14-12-21)19-5-7-20(8-6-19)24-15-23(30(31,32)33)10-9-22(24)16-35-28(38)40-29(2,3)4/h5-10,15,17-18,21H,11-14,16H2,1-4H3,(H,35,38)(H,36,37)/t18-/m1/s1. The number of hydrogen-bond donors (Lipinski definition) is 2. The third-order valence-electron chi connectivity index (χ3n) is 6.65. The van der Waals surface area contributed by atoms with Crippen LogP contribution in [-0.4, -0.2) is 35.8 Å². The number of amides is 2. The summed E-state index contributed by atoms with van der Waals surface area (Å²) in [5.41, 5.74) is 0.678. The zero-order valence-electron chi connectivity index (χ0n) is 23.4. The summed E-state index contributed by atoms with van der Waals surface area (Å²) in [7, 11) is 0. The molecule has 0 bridgehead atoms. The van der Waals surface area contributed by atoms with Crippen molar-refractivity contribution in [3.05, 3.63) is 75.2 Å². The third-order valence-corrected chi connectivity index (χ3v) is 7.81. The topological polar surface area (TPSA) is 89.5 Å². The van der Waals surface area contributed by atoms with E-state index in [1.165, 1.54) is 17.4 Å². The molecule has 2 N–H and O–H groups in total. The first-order valence-electron chi connectivity index (χ1n) is 13.4. The van der Waals surface area contributed by atoms with Crippen LogP contribution in [0.15, 0.2) is 48.7 Å². The normalized spacial score (nSPS) is 15.3. The highest BCUT2D eigenvalue weighted by Gasteiger charge is 2.31. The number of hydrogen-bond acceptors (Lipinski definition) is 6. The molecule has 2 heterocycles. The summed E-state index contributed by atoms with van der Waals surface area (Å²) in [6, 6.07) is 10.0. The van der Waals surface area contributed by atoms with E-state index in [4.69, 9.17) is 9.47 Å². The minimum absolute atomic E-state index is 0.0126. The van der Waals surface area contributed by atoms with E-state index in [0.717, 1.165) is 35.5 Å². The Labute approximate surface area is 241 Å². The molecule has 0 radical (unpaired) electrons. The Morgan fingerprint density at radius 1 is 1.10 bits per heavy atom. The maximum atomic E-state index is 13.5. The lowest BCUT2D eigenvalue weighted by Crippen LogP contribution is -2.32. The minimum atomic E-state index is -4.52. The molecular weight excluding hydrogens is 555 g/mol. The third kappa shape index (κ3) is 8.29. The first-order chi connectivity index (χ1) is 19.3. The second-order valence-electron chi connectivity index (χ2n) is 11.0. The van der Waals surface area contributed by atoms with Gasteiger partial charge in [0, 0.05) is 25.7 Å². The first-order valence-corrected chi connectivity index (χ1v) is 14.2. The van der Waals surface area contributed by atoms with E-state index in [1.54, 1.807) is 51.2 Å². The largest absolute Gasteiger partial charge is 0.444 e. The monoisotopic (exact) mass is 589 g/mol. The van der Waals surface area contributed by atoms with E-state index in [1.807, 2.05) is 6.92 Å². The van der Waals surface area contributed by atoms with Gasteiger partial charge in [0.2, 0.25) is 0 Å². The van der Waals surface area contributed by atoms with Gasteiger partial charge in [0.15, 0.2) is 0 Å². The summed E-state index contributed by atoms with van der Waals surface area (Å²) >= 11 is 1.39. The highest BCUT2D eigenvalue weighted by Crippen LogP contribution is 2.35. The second-order valence-corrected chi connectivity index (χ2v) is 12.1. The van der Waals surface area contributed by atoms with Crippen molar-refractivity contribution in [2.45, 2.75) is 70.8 Å². The quantitative estimate of drug-likeness (QED) is 0.303. The van der Waals surface area contributed by atoms with E-state index in [9.17, 15) is 22.8 Å². The Kier molecular flexibility index (Phi) is 9.38. The Morgan fingerprint density at radius 2 is 1.78 bits per heavy atom. The highest BCUT2D eigenvalue weighted by molar-refractivity contribution is 7.13. The predicted octanol–water partition coefficient (Wildman–Crippen LogP) is 7.24. The van der Waals surface area contributed by atoms with Gasteiger partial charge in [0.25, 0.3) is 5.91 Å². The number of carbonyl (C=O) groups is 2. The molecule has 41 heavy (non-hydrogen) atoms. The summed E-state index contributed by atoms with van der Waals surface area (Å²) < 4.78 is 51.2. The summed E-state index contributed by atoms with van der Waals surface area (Å²) in [6.45, 7) is 8.40. The van der Waals surface area contributed by atoms with E-state index in [-0.39, 0.29) is 18.5 Å². The minimum Gasteiger partial charge on any atom is -0.444 e. The highest BCUT2D eigenvalue weighted by atomic mass is 32.1. The molecule has 3 aromatic rings. The molecule has 2 amide bonds. The number of alkyl carbamates (subject to hydrolysis) is 1. The number of nitrogens with one attached hydrogen (secondary N) is 2. The van der Waals surface area contributed by atoms with Crippen molar-refractivity contribution >= 4 is 23.3 Å². The predicted molar refractivity (Wildman–Crippen MR) is 151 cm³/mol. The molecule has 11 heteroatoms. The summed E-state index contributed by atoms with van der Waals surface area (Å²) in [4.78, 5) is 30.0. The number of benzene rings is 2. The molecule has 220 valence electrons. The number of rotatable bonds is 7. The van der Waals surface area contributed by atoms with Crippen molar-refractivity contribution < 1.29 is 32.2 Å². The smallest absolute Gasteiger partial charge is 0.416 e. The molecule has 0 saturated carbocycles. The number of halogens is 3. The van der Waals surface area contributed by atoms with Gasteiger partial charge < -0.3 is 20.1 Å². The van der Waals surface area contributed by atoms with Crippen molar-refractivity contribution in [1.82, 2.24) is 15.6 Å². The lowest BCUT2D eigenvalue weighted by molar-refractivity contribution is -0.137. The van der Waals surface area contributed by atoms with Gasteiger partial charge in [0.05, 0.1) is 22.8 Å². The molecule has 1 fully saturated rings. The van der Waals surface area contributed by atoms with Gasteiger partial charge in [0.1, 0.15) is 10.5 Å². The summed E-state index contributed by atoms with van der Waals surface area (Å²) in [5.74, 6) is 0.0751. The van der Waals surface area contributed by atoms with Crippen LogP contribution in [0, 0.1) is 0 Å². The number of thiazole rings is 1. The van der Waals surface area contributed by atoms with Gasteiger partial charge in [-0.25, -0.2) is 9.78 Å². The van der Waals surface area contributed by atoms with Crippen LogP contribution < -0.4 is 10.6 Å². The molecule has 4 rings (SSSR count). The van der Waals surface area contributed by atoms with Gasteiger partial charge in [-0.1, -0.05) is 30.3 Å². The molecule has 1 atom stereocenters. The molecule has 1 aromatic heterocycles.